The monoisotopic (exact) mass is 373 g/mol. The van der Waals surface area contributed by atoms with Crippen LogP contribution in [0.15, 0.2) is 54.7 Å². The molecule has 2 aromatic carbocycles. The van der Waals surface area contributed by atoms with Gasteiger partial charge in [-0.2, -0.15) is 0 Å². The molecule has 6 heteroatoms. The largest absolute Gasteiger partial charge is 0.367 e. The van der Waals surface area contributed by atoms with Crippen LogP contribution in [0, 0.1) is 5.92 Å². The van der Waals surface area contributed by atoms with Crippen molar-refractivity contribution in [3.8, 4) is 11.3 Å². The van der Waals surface area contributed by atoms with Crippen molar-refractivity contribution in [3.63, 3.8) is 0 Å². The maximum Gasteiger partial charge on any atom is 0.251 e. The van der Waals surface area contributed by atoms with E-state index in [9.17, 15) is 4.79 Å². The number of aromatic nitrogens is 3. The predicted octanol–water partition coefficient (Wildman–Crippen LogP) is 3.98. The van der Waals surface area contributed by atoms with Crippen LogP contribution in [-0.4, -0.2) is 33.9 Å². The molecule has 0 bridgehead atoms. The van der Waals surface area contributed by atoms with Crippen molar-refractivity contribution < 1.29 is 4.79 Å². The molecule has 6 nitrogen and oxygen atoms in total. The Kier molecular flexibility index (Phi) is 4.69. The van der Waals surface area contributed by atoms with E-state index in [4.69, 9.17) is 4.98 Å². The van der Waals surface area contributed by atoms with Crippen LogP contribution in [0.5, 0.6) is 0 Å². The number of nitrogens with one attached hydrogen (secondary N) is 2. The molecule has 0 atom stereocenters. The molecule has 1 amide bonds. The summed E-state index contributed by atoms with van der Waals surface area (Å²) in [7, 11) is 1.63. The molecule has 0 fully saturated rings. The fourth-order valence-corrected chi connectivity index (χ4v) is 3.24. The Balaban J connectivity index is 1.89. The number of imidazole rings is 1. The van der Waals surface area contributed by atoms with E-state index in [2.05, 4.69) is 33.9 Å². The molecule has 0 saturated carbocycles. The normalized spacial score (nSPS) is 11.3. The van der Waals surface area contributed by atoms with Gasteiger partial charge in [0, 0.05) is 24.7 Å². The number of rotatable bonds is 5. The number of amides is 1. The summed E-state index contributed by atoms with van der Waals surface area (Å²) in [5.74, 6) is 1.18. The number of nitrogens with zero attached hydrogens (tertiary/aromatic N) is 3. The minimum atomic E-state index is -0.0977. The quantitative estimate of drug-likeness (QED) is 0.555. The Bertz CT molecular complexity index is 1140. The number of benzene rings is 2. The van der Waals surface area contributed by atoms with E-state index in [1.807, 2.05) is 54.7 Å². The van der Waals surface area contributed by atoms with Gasteiger partial charge >= 0.3 is 0 Å². The number of hydrogen-bond donors (Lipinski definition) is 2. The lowest BCUT2D eigenvalue weighted by atomic mass is 10.1. The zero-order valence-electron chi connectivity index (χ0n) is 16.2. The molecular formula is C22H23N5O. The average Bonchev–Trinajstić information content (AvgIpc) is 3.17. The first-order chi connectivity index (χ1) is 13.6. The Morgan fingerprint density at radius 2 is 1.86 bits per heavy atom. The van der Waals surface area contributed by atoms with Crippen molar-refractivity contribution in [2.45, 2.75) is 13.8 Å². The number of fused-ring (bicyclic) bond motifs is 3. The summed E-state index contributed by atoms with van der Waals surface area (Å²) in [6.07, 6.45) is 1.86. The lowest BCUT2D eigenvalue weighted by Crippen LogP contribution is -2.17. The van der Waals surface area contributed by atoms with Crippen LogP contribution in [0.2, 0.25) is 0 Å². The molecule has 2 N–H and O–H groups in total. The summed E-state index contributed by atoms with van der Waals surface area (Å²) >= 11 is 0. The molecule has 0 saturated heterocycles. The summed E-state index contributed by atoms with van der Waals surface area (Å²) in [5, 5.41) is 6.08. The van der Waals surface area contributed by atoms with E-state index in [0.717, 1.165) is 40.3 Å². The zero-order chi connectivity index (χ0) is 19.7. The van der Waals surface area contributed by atoms with Gasteiger partial charge in [0.2, 0.25) is 0 Å². The molecule has 4 rings (SSSR count). The van der Waals surface area contributed by atoms with Gasteiger partial charge < -0.3 is 10.6 Å². The number of para-hydroxylation sites is 2. The van der Waals surface area contributed by atoms with E-state index >= 15 is 0 Å². The molecule has 0 aliphatic carbocycles. The summed E-state index contributed by atoms with van der Waals surface area (Å²) in [6.45, 7) is 5.15. The van der Waals surface area contributed by atoms with Crippen molar-refractivity contribution in [2.75, 3.05) is 18.9 Å². The predicted molar refractivity (Wildman–Crippen MR) is 113 cm³/mol. The molecule has 2 aromatic heterocycles. The molecule has 142 valence electrons. The molecule has 28 heavy (non-hydrogen) atoms. The topological polar surface area (TPSA) is 71.3 Å². The van der Waals surface area contributed by atoms with Gasteiger partial charge in [0.25, 0.3) is 5.91 Å². The SMILES string of the molecule is CNC(=O)c1ccc(-c2cnc3c(NCC(C)C)nc4ccccc4n23)cc1. The van der Waals surface area contributed by atoms with Gasteiger partial charge in [0.15, 0.2) is 11.5 Å². The van der Waals surface area contributed by atoms with Crippen molar-refractivity contribution >= 4 is 28.4 Å². The van der Waals surface area contributed by atoms with E-state index in [1.165, 1.54) is 0 Å². The van der Waals surface area contributed by atoms with Gasteiger partial charge in [-0.15, -0.1) is 0 Å². The first-order valence-electron chi connectivity index (χ1n) is 9.41. The smallest absolute Gasteiger partial charge is 0.251 e. The highest BCUT2D eigenvalue weighted by atomic mass is 16.1. The fourth-order valence-electron chi connectivity index (χ4n) is 3.24. The van der Waals surface area contributed by atoms with Crippen LogP contribution in [0.25, 0.3) is 27.9 Å². The third-order valence-electron chi connectivity index (χ3n) is 4.68. The van der Waals surface area contributed by atoms with Gasteiger partial charge in [-0.25, -0.2) is 9.97 Å². The second kappa shape index (κ2) is 7.31. The Labute approximate surface area is 163 Å². The Morgan fingerprint density at radius 3 is 2.57 bits per heavy atom. The molecule has 0 spiro atoms. The van der Waals surface area contributed by atoms with E-state index in [1.54, 1.807) is 7.05 Å². The number of hydrogen-bond acceptors (Lipinski definition) is 4. The van der Waals surface area contributed by atoms with Crippen LogP contribution in [0.1, 0.15) is 24.2 Å². The third kappa shape index (κ3) is 3.17. The molecule has 0 unspecified atom stereocenters. The maximum absolute atomic E-state index is 11.8. The highest BCUT2D eigenvalue weighted by Gasteiger charge is 2.15. The number of carbonyl (C=O) groups excluding carboxylic acids is 1. The first kappa shape index (κ1) is 18.0. The standard InChI is InChI=1S/C22H23N5O/c1-14(2)12-24-20-21-25-13-19(15-8-10-16(11-9-15)22(28)23-3)27(21)18-7-5-4-6-17(18)26-20/h4-11,13-14H,12H2,1-3H3,(H,23,28)(H,24,26). The molecule has 4 aromatic rings. The second-order valence-corrected chi connectivity index (χ2v) is 7.18. The minimum Gasteiger partial charge on any atom is -0.367 e. The van der Waals surface area contributed by atoms with Gasteiger partial charge in [0.1, 0.15) is 0 Å². The van der Waals surface area contributed by atoms with E-state index < -0.39 is 0 Å². The van der Waals surface area contributed by atoms with Crippen molar-refractivity contribution in [1.29, 1.82) is 0 Å². The van der Waals surface area contributed by atoms with Crippen LogP contribution < -0.4 is 10.6 Å². The fraction of sp³-hybridized carbons (Fsp3) is 0.227. The molecular weight excluding hydrogens is 350 g/mol. The van der Waals surface area contributed by atoms with Crippen LogP contribution in [0.3, 0.4) is 0 Å². The minimum absolute atomic E-state index is 0.0977. The summed E-state index contributed by atoms with van der Waals surface area (Å²) < 4.78 is 2.12. The van der Waals surface area contributed by atoms with Gasteiger partial charge in [0.05, 0.1) is 22.9 Å². The molecule has 0 aliphatic heterocycles. The third-order valence-corrected chi connectivity index (χ3v) is 4.68. The number of anilines is 1. The van der Waals surface area contributed by atoms with Crippen molar-refractivity contribution in [2.24, 2.45) is 5.92 Å². The van der Waals surface area contributed by atoms with Crippen LogP contribution >= 0.6 is 0 Å². The lowest BCUT2D eigenvalue weighted by Gasteiger charge is -2.12. The van der Waals surface area contributed by atoms with Crippen molar-refractivity contribution in [3.05, 3.63) is 60.3 Å². The molecule has 0 aliphatic rings. The first-order valence-corrected chi connectivity index (χ1v) is 9.41. The summed E-state index contributed by atoms with van der Waals surface area (Å²) in [6, 6.07) is 15.6. The highest BCUT2D eigenvalue weighted by molar-refractivity contribution is 5.94. The van der Waals surface area contributed by atoms with Gasteiger partial charge in [-0.05, 0) is 30.2 Å². The van der Waals surface area contributed by atoms with Crippen LogP contribution in [0.4, 0.5) is 5.82 Å². The Morgan fingerprint density at radius 1 is 1.11 bits per heavy atom. The lowest BCUT2D eigenvalue weighted by molar-refractivity contribution is 0.0963. The maximum atomic E-state index is 11.8. The molecule has 0 radical (unpaired) electrons. The van der Waals surface area contributed by atoms with E-state index in [0.29, 0.717) is 11.5 Å². The summed E-state index contributed by atoms with van der Waals surface area (Å²) in [5.41, 5.74) is 5.28. The second-order valence-electron chi connectivity index (χ2n) is 7.18. The Hall–Kier alpha value is -3.41. The van der Waals surface area contributed by atoms with Crippen molar-refractivity contribution in [1.82, 2.24) is 19.7 Å². The van der Waals surface area contributed by atoms with Crippen LogP contribution in [-0.2, 0) is 0 Å². The van der Waals surface area contributed by atoms with Gasteiger partial charge in [-0.1, -0.05) is 38.1 Å². The summed E-state index contributed by atoms with van der Waals surface area (Å²) in [4.78, 5) is 21.3. The van der Waals surface area contributed by atoms with Gasteiger partial charge in [-0.3, -0.25) is 9.20 Å². The highest BCUT2D eigenvalue weighted by Crippen LogP contribution is 2.28. The average molecular weight is 373 g/mol. The van der Waals surface area contributed by atoms with E-state index in [-0.39, 0.29) is 5.91 Å². The molecule has 2 heterocycles. The zero-order valence-corrected chi connectivity index (χ0v) is 16.2. The number of carbonyl (C=O) groups is 1.